The maximum Gasteiger partial charge on any atom is 0.421 e. The number of halogens is 6. The highest BCUT2D eigenvalue weighted by Gasteiger charge is 2.55. The number of hydrogen-bond acceptors (Lipinski definition) is 2. The first kappa shape index (κ1) is 18.5. The van der Waals surface area contributed by atoms with E-state index in [1.54, 1.807) is 0 Å². The lowest BCUT2D eigenvalue weighted by Gasteiger charge is -2.32. The average molecular weight is 352 g/mol. The largest absolute Gasteiger partial charge is 0.421 e. The van der Waals surface area contributed by atoms with Crippen molar-refractivity contribution in [2.45, 2.75) is 43.6 Å². The predicted molar refractivity (Wildman–Crippen MR) is 73.0 cm³/mol. The van der Waals surface area contributed by atoms with Gasteiger partial charge in [0.25, 0.3) is 0 Å². The number of hydrogen-bond donors (Lipinski definition) is 1. The van der Waals surface area contributed by atoms with Crippen LogP contribution in [0.4, 0.5) is 26.3 Å². The lowest BCUT2D eigenvalue weighted by atomic mass is 9.82. The summed E-state index contributed by atoms with van der Waals surface area (Å²) in [5, 5.41) is 10.2. The first-order valence-electron chi connectivity index (χ1n) is 7.12. The van der Waals surface area contributed by atoms with Gasteiger partial charge in [0.05, 0.1) is 5.56 Å². The van der Waals surface area contributed by atoms with Crippen LogP contribution in [-0.2, 0) is 16.6 Å². The van der Waals surface area contributed by atoms with E-state index in [2.05, 4.69) is 0 Å². The normalized spacial score (nSPS) is 19.0. The molecular weight excluding hydrogens is 338 g/mol. The minimum absolute atomic E-state index is 0.131. The maximum absolute atomic E-state index is 13.4. The van der Waals surface area contributed by atoms with E-state index >= 15 is 0 Å². The summed E-state index contributed by atoms with van der Waals surface area (Å²) >= 11 is 0. The summed E-state index contributed by atoms with van der Waals surface area (Å²) in [7, 11) is 0. The number of alkyl halides is 6. The van der Waals surface area contributed by atoms with E-state index in [4.69, 9.17) is 0 Å². The number of carbonyl (C=O) groups excluding carboxylic acids is 1. The molecule has 2 nitrogen and oxygen atoms in total. The molecule has 0 saturated carbocycles. The third-order valence-corrected chi connectivity index (χ3v) is 3.93. The molecule has 1 aromatic carbocycles. The van der Waals surface area contributed by atoms with E-state index < -0.39 is 35.5 Å². The Morgan fingerprint density at radius 3 is 1.92 bits per heavy atom. The van der Waals surface area contributed by atoms with Crippen LogP contribution >= 0.6 is 0 Å². The molecule has 0 amide bonds. The van der Waals surface area contributed by atoms with Gasteiger partial charge in [-0.2, -0.15) is 26.3 Å². The van der Waals surface area contributed by atoms with E-state index in [9.17, 15) is 36.2 Å². The van der Waals surface area contributed by atoms with Crippen molar-refractivity contribution in [2.24, 2.45) is 0 Å². The maximum atomic E-state index is 13.4. The monoisotopic (exact) mass is 352 g/mol. The van der Waals surface area contributed by atoms with Crippen molar-refractivity contribution in [3.63, 3.8) is 0 Å². The fourth-order valence-corrected chi connectivity index (χ4v) is 2.63. The molecule has 132 valence electrons. The van der Waals surface area contributed by atoms with Crippen LogP contribution in [0.1, 0.15) is 36.8 Å². The molecule has 0 radical (unpaired) electrons. The van der Waals surface area contributed by atoms with Crippen LogP contribution in [0.5, 0.6) is 0 Å². The molecule has 0 aromatic heterocycles. The molecule has 24 heavy (non-hydrogen) atoms. The van der Waals surface area contributed by atoms with Crippen LogP contribution in [0.15, 0.2) is 35.9 Å². The third kappa shape index (κ3) is 3.80. The molecule has 1 atom stereocenters. The molecule has 1 aliphatic rings. The molecule has 0 heterocycles. The van der Waals surface area contributed by atoms with Crippen LogP contribution in [-0.4, -0.2) is 17.1 Å². The lowest BCUT2D eigenvalue weighted by Crippen LogP contribution is -2.43. The molecule has 1 aromatic rings. The second kappa shape index (κ2) is 6.23. The van der Waals surface area contributed by atoms with Crippen molar-refractivity contribution in [3.05, 3.63) is 47.0 Å². The Kier molecular flexibility index (Phi) is 4.81. The van der Waals surface area contributed by atoms with Gasteiger partial charge < -0.3 is 5.11 Å². The quantitative estimate of drug-likeness (QED) is 0.812. The molecule has 1 unspecified atom stereocenters. The number of ketones is 1. The van der Waals surface area contributed by atoms with Gasteiger partial charge in [-0.3, -0.25) is 4.79 Å². The summed E-state index contributed by atoms with van der Waals surface area (Å²) in [5.74, 6) is -0.326. The van der Waals surface area contributed by atoms with Crippen LogP contribution in [0.2, 0.25) is 0 Å². The van der Waals surface area contributed by atoms with Crippen molar-refractivity contribution in [2.75, 3.05) is 0 Å². The van der Waals surface area contributed by atoms with Gasteiger partial charge in [-0.05, 0) is 36.6 Å². The SMILES string of the molecule is O=C1C=C(CC(O)(c2ccc(C(F)(F)F)cc2)C(F)(F)F)CCC1. The zero-order valence-electron chi connectivity index (χ0n) is 12.3. The first-order valence-corrected chi connectivity index (χ1v) is 7.12. The molecule has 0 bridgehead atoms. The van der Waals surface area contributed by atoms with Gasteiger partial charge in [0.15, 0.2) is 11.4 Å². The van der Waals surface area contributed by atoms with Crippen LogP contribution in [0.25, 0.3) is 0 Å². The van der Waals surface area contributed by atoms with Gasteiger partial charge in [-0.25, -0.2) is 0 Å². The summed E-state index contributed by atoms with van der Waals surface area (Å²) in [6.45, 7) is 0. The van der Waals surface area contributed by atoms with E-state index in [1.165, 1.54) is 0 Å². The van der Waals surface area contributed by atoms with Crippen LogP contribution < -0.4 is 0 Å². The second-order valence-corrected chi connectivity index (χ2v) is 5.73. The van der Waals surface area contributed by atoms with Crippen molar-refractivity contribution in [1.29, 1.82) is 0 Å². The van der Waals surface area contributed by atoms with Gasteiger partial charge in [0.2, 0.25) is 0 Å². The minimum atomic E-state index is -5.10. The van der Waals surface area contributed by atoms with Crippen molar-refractivity contribution >= 4 is 5.78 Å². The van der Waals surface area contributed by atoms with Crippen molar-refractivity contribution < 1.29 is 36.2 Å². The van der Waals surface area contributed by atoms with Gasteiger partial charge in [0, 0.05) is 12.8 Å². The van der Waals surface area contributed by atoms with E-state index in [0.717, 1.165) is 6.08 Å². The van der Waals surface area contributed by atoms with Crippen LogP contribution in [0.3, 0.4) is 0 Å². The van der Waals surface area contributed by atoms with Crippen molar-refractivity contribution in [1.82, 2.24) is 0 Å². The van der Waals surface area contributed by atoms with Gasteiger partial charge in [-0.15, -0.1) is 0 Å². The highest BCUT2D eigenvalue weighted by atomic mass is 19.4. The average Bonchev–Trinajstić information content (AvgIpc) is 2.45. The fraction of sp³-hybridized carbons (Fsp3) is 0.438. The van der Waals surface area contributed by atoms with E-state index in [0.29, 0.717) is 30.7 Å². The van der Waals surface area contributed by atoms with E-state index in [1.807, 2.05) is 0 Å². The van der Waals surface area contributed by atoms with Gasteiger partial charge >= 0.3 is 12.4 Å². The van der Waals surface area contributed by atoms with Crippen molar-refractivity contribution in [3.8, 4) is 0 Å². The Hall–Kier alpha value is -1.83. The number of allylic oxidation sites excluding steroid dienone is 1. The molecule has 1 N–H and O–H groups in total. The molecule has 0 saturated heterocycles. The summed E-state index contributed by atoms with van der Waals surface area (Å²) in [6.07, 6.45) is -8.76. The Bertz CT molecular complexity index is 642. The van der Waals surface area contributed by atoms with Crippen LogP contribution in [0, 0.1) is 0 Å². The highest BCUT2D eigenvalue weighted by Crippen LogP contribution is 2.45. The standard InChI is InChI=1S/C16H14F6O2/c17-15(18,19)12-6-4-11(5-7-12)14(24,16(20,21)22)9-10-2-1-3-13(23)8-10/h4-8,24H,1-3,9H2. The molecular formula is C16H14F6O2. The second-order valence-electron chi connectivity index (χ2n) is 5.73. The zero-order chi connectivity index (χ0) is 18.2. The van der Waals surface area contributed by atoms with Gasteiger partial charge in [-0.1, -0.05) is 17.7 Å². The molecule has 1 aliphatic carbocycles. The summed E-state index contributed by atoms with van der Waals surface area (Å²) in [5.41, 5.74) is -5.02. The smallest absolute Gasteiger partial charge is 0.376 e. The Morgan fingerprint density at radius 2 is 1.46 bits per heavy atom. The number of aliphatic hydroxyl groups is 1. The Balaban J connectivity index is 2.39. The summed E-state index contributed by atoms with van der Waals surface area (Å²) < 4.78 is 77.8. The zero-order valence-corrected chi connectivity index (χ0v) is 12.3. The fourth-order valence-electron chi connectivity index (χ4n) is 2.63. The third-order valence-electron chi connectivity index (χ3n) is 3.93. The predicted octanol–water partition coefficient (Wildman–Crippen LogP) is 4.52. The lowest BCUT2D eigenvalue weighted by molar-refractivity contribution is -0.266. The molecule has 0 spiro atoms. The molecule has 0 aliphatic heterocycles. The number of rotatable bonds is 3. The Morgan fingerprint density at radius 1 is 0.917 bits per heavy atom. The topological polar surface area (TPSA) is 37.3 Å². The molecule has 0 fully saturated rings. The minimum Gasteiger partial charge on any atom is -0.376 e. The number of benzene rings is 1. The molecule has 8 heteroatoms. The van der Waals surface area contributed by atoms with Gasteiger partial charge in [0.1, 0.15) is 0 Å². The molecule has 2 rings (SSSR count). The number of carbonyl (C=O) groups is 1. The van der Waals surface area contributed by atoms with E-state index in [-0.39, 0.29) is 24.2 Å². The summed E-state index contributed by atoms with van der Waals surface area (Å²) in [4.78, 5) is 11.3. The highest BCUT2D eigenvalue weighted by molar-refractivity contribution is 5.91. The Labute approximate surface area is 133 Å². The first-order chi connectivity index (χ1) is 10.9. The summed E-state index contributed by atoms with van der Waals surface area (Å²) in [6, 6.07) is 2.21.